The van der Waals surface area contributed by atoms with E-state index in [2.05, 4.69) is 11.4 Å². The van der Waals surface area contributed by atoms with Gasteiger partial charge in [-0.15, -0.1) is 0 Å². The second kappa shape index (κ2) is 7.61. The molecule has 0 radical (unpaired) electrons. The second-order valence-electron chi connectivity index (χ2n) is 6.04. The van der Waals surface area contributed by atoms with Crippen molar-refractivity contribution in [2.45, 2.75) is 70.1 Å². The number of hydrogen-bond acceptors (Lipinski definition) is 4. The molecular formula is C15H27N3O2. The number of nitriles is 1. The van der Waals surface area contributed by atoms with Crippen LogP contribution in [0.15, 0.2) is 0 Å². The third kappa shape index (κ3) is 4.77. The van der Waals surface area contributed by atoms with Crippen LogP contribution in [-0.4, -0.2) is 47.2 Å². The average molecular weight is 281 g/mol. The predicted octanol–water partition coefficient (Wildman–Crippen LogP) is 1.42. The predicted molar refractivity (Wildman–Crippen MR) is 78.0 cm³/mol. The lowest BCUT2D eigenvalue weighted by molar-refractivity contribution is -0.127. The molecule has 1 aliphatic rings. The van der Waals surface area contributed by atoms with E-state index in [1.165, 1.54) is 0 Å². The van der Waals surface area contributed by atoms with Gasteiger partial charge in [0.15, 0.2) is 0 Å². The molecule has 2 atom stereocenters. The van der Waals surface area contributed by atoms with E-state index in [0.717, 1.165) is 32.1 Å². The third-order valence-corrected chi connectivity index (χ3v) is 4.22. The van der Waals surface area contributed by atoms with Gasteiger partial charge in [-0.05, 0) is 40.2 Å². The fourth-order valence-corrected chi connectivity index (χ4v) is 2.54. The van der Waals surface area contributed by atoms with Gasteiger partial charge in [-0.1, -0.05) is 19.3 Å². The van der Waals surface area contributed by atoms with Crippen LogP contribution in [0.5, 0.6) is 0 Å². The summed E-state index contributed by atoms with van der Waals surface area (Å²) in [6.07, 6.45) is 4.91. The van der Waals surface area contributed by atoms with Gasteiger partial charge in [0.25, 0.3) is 0 Å². The van der Waals surface area contributed by atoms with Gasteiger partial charge in [0, 0.05) is 6.54 Å². The molecule has 0 aromatic carbocycles. The Hall–Kier alpha value is -1.12. The van der Waals surface area contributed by atoms with Crippen LogP contribution in [0.2, 0.25) is 0 Å². The lowest BCUT2D eigenvalue weighted by Crippen LogP contribution is -2.54. The molecule has 2 unspecified atom stereocenters. The molecule has 20 heavy (non-hydrogen) atoms. The van der Waals surface area contributed by atoms with Crippen molar-refractivity contribution in [1.82, 2.24) is 10.2 Å². The van der Waals surface area contributed by atoms with Crippen LogP contribution in [-0.2, 0) is 4.79 Å². The third-order valence-electron chi connectivity index (χ3n) is 4.22. The zero-order chi connectivity index (χ0) is 15.2. The molecule has 0 spiro atoms. The lowest BCUT2D eigenvalue weighted by Gasteiger charge is -2.34. The Labute approximate surface area is 122 Å². The van der Waals surface area contributed by atoms with Crippen LogP contribution < -0.4 is 5.32 Å². The summed E-state index contributed by atoms with van der Waals surface area (Å²) in [5.74, 6) is -0.0958. The minimum Gasteiger partial charge on any atom is -0.393 e. The maximum Gasteiger partial charge on any atom is 0.238 e. The van der Waals surface area contributed by atoms with E-state index in [0.29, 0.717) is 13.0 Å². The van der Waals surface area contributed by atoms with Gasteiger partial charge >= 0.3 is 0 Å². The summed E-state index contributed by atoms with van der Waals surface area (Å²) < 4.78 is 0. The summed E-state index contributed by atoms with van der Waals surface area (Å²) in [6.45, 7) is 4.24. The van der Waals surface area contributed by atoms with Crippen molar-refractivity contribution < 1.29 is 9.90 Å². The normalized spacial score (nSPS) is 21.0. The van der Waals surface area contributed by atoms with E-state index >= 15 is 0 Å². The number of carbonyl (C=O) groups is 1. The second-order valence-corrected chi connectivity index (χ2v) is 6.04. The summed E-state index contributed by atoms with van der Waals surface area (Å²) in [4.78, 5) is 14.2. The first kappa shape index (κ1) is 16.9. The SMILES string of the molecule is CC(O)CCN(C)C(C)C(=O)NC1(C#N)CCCCC1. The highest BCUT2D eigenvalue weighted by Crippen LogP contribution is 2.27. The molecule has 2 N–H and O–H groups in total. The van der Waals surface area contributed by atoms with E-state index in [9.17, 15) is 15.2 Å². The van der Waals surface area contributed by atoms with Crippen molar-refractivity contribution in [2.75, 3.05) is 13.6 Å². The smallest absolute Gasteiger partial charge is 0.238 e. The molecule has 0 bridgehead atoms. The fourth-order valence-electron chi connectivity index (χ4n) is 2.54. The number of nitrogens with zero attached hydrogens (tertiary/aromatic N) is 2. The summed E-state index contributed by atoms with van der Waals surface area (Å²) in [5.41, 5.74) is -0.672. The van der Waals surface area contributed by atoms with Crippen molar-refractivity contribution in [3.63, 3.8) is 0 Å². The van der Waals surface area contributed by atoms with Gasteiger partial charge in [0.1, 0.15) is 5.54 Å². The first-order chi connectivity index (χ1) is 9.40. The molecule has 5 nitrogen and oxygen atoms in total. The minimum absolute atomic E-state index is 0.0958. The number of aliphatic hydroxyl groups is 1. The Bertz CT molecular complexity index is 357. The van der Waals surface area contributed by atoms with Gasteiger partial charge in [0.05, 0.1) is 18.2 Å². The Morgan fingerprint density at radius 2 is 2.00 bits per heavy atom. The standard InChI is InChI=1S/C15H27N3O2/c1-12(19)7-10-18(3)13(2)14(20)17-15(11-16)8-5-4-6-9-15/h12-13,19H,4-10H2,1-3H3,(H,17,20). The van der Waals surface area contributed by atoms with Crippen LogP contribution in [0.1, 0.15) is 52.4 Å². The van der Waals surface area contributed by atoms with E-state index in [1.54, 1.807) is 6.92 Å². The van der Waals surface area contributed by atoms with Crippen LogP contribution >= 0.6 is 0 Å². The monoisotopic (exact) mass is 281 g/mol. The van der Waals surface area contributed by atoms with Crippen LogP contribution in [0.3, 0.4) is 0 Å². The van der Waals surface area contributed by atoms with Crippen LogP contribution in [0.4, 0.5) is 0 Å². The summed E-state index contributed by atoms with van der Waals surface area (Å²) in [7, 11) is 1.87. The van der Waals surface area contributed by atoms with Crippen molar-refractivity contribution >= 4 is 5.91 Å². The summed E-state index contributed by atoms with van der Waals surface area (Å²) in [5, 5.41) is 21.6. The fraction of sp³-hybridized carbons (Fsp3) is 0.867. The molecule has 5 heteroatoms. The first-order valence-corrected chi connectivity index (χ1v) is 7.52. The van der Waals surface area contributed by atoms with Crippen molar-refractivity contribution in [3.8, 4) is 6.07 Å². The number of nitrogens with one attached hydrogen (secondary N) is 1. The zero-order valence-corrected chi connectivity index (χ0v) is 12.9. The maximum absolute atomic E-state index is 12.3. The van der Waals surface area contributed by atoms with Crippen LogP contribution in [0, 0.1) is 11.3 Å². The molecule has 0 aliphatic heterocycles. The molecule has 1 rings (SSSR count). The Morgan fingerprint density at radius 1 is 1.40 bits per heavy atom. The number of rotatable bonds is 6. The number of carbonyl (C=O) groups excluding carboxylic acids is 1. The van der Waals surface area contributed by atoms with Gasteiger partial charge < -0.3 is 10.4 Å². The van der Waals surface area contributed by atoms with E-state index < -0.39 is 5.54 Å². The van der Waals surface area contributed by atoms with E-state index in [-0.39, 0.29) is 18.1 Å². The number of hydrogen-bond donors (Lipinski definition) is 2. The van der Waals surface area contributed by atoms with Crippen molar-refractivity contribution in [2.24, 2.45) is 0 Å². The Morgan fingerprint density at radius 3 is 2.50 bits per heavy atom. The van der Waals surface area contributed by atoms with Crippen LogP contribution in [0.25, 0.3) is 0 Å². The molecule has 0 aromatic heterocycles. The first-order valence-electron chi connectivity index (χ1n) is 7.52. The molecular weight excluding hydrogens is 254 g/mol. The quantitative estimate of drug-likeness (QED) is 0.772. The number of likely N-dealkylation sites (N-methyl/N-ethyl adjacent to an activating group) is 1. The van der Waals surface area contributed by atoms with E-state index in [4.69, 9.17) is 0 Å². The highest BCUT2D eigenvalue weighted by molar-refractivity contribution is 5.82. The highest BCUT2D eigenvalue weighted by Gasteiger charge is 2.35. The number of amides is 1. The zero-order valence-electron chi connectivity index (χ0n) is 12.9. The number of aliphatic hydroxyl groups excluding tert-OH is 1. The lowest BCUT2D eigenvalue weighted by atomic mass is 9.82. The molecule has 1 aliphatic carbocycles. The van der Waals surface area contributed by atoms with Crippen molar-refractivity contribution in [3.05, 3.63) is 0 Å². The molecule has 1 saturated carbocycles. The van der Waals surface area contributed by atoms with Gasteiger partial charge in [0.2, 0.25) is 5.91 Å². The highest BCUT2D eigenvalue weighted by atomic mass is 16.3. The van der Waals surface area contributed by atoms with Gasteiger partial charge in [-0.3, -0.25) is 9.69 Å². The molecule has 0 aromatic rings. The van der Waals surface area contributed by atoms with Gasteiger partial charge in [-0.25, -0.2) is 0 Å². The largest absolute Gasteiger partial charge is 0.393 e. The average Bonchev–Trinajstić information content (AvgIpc) is 2.44. The van der Waals surface area contributed by atoms with E-state index in [1.807, 2.05) is 18.9 Å². The van der Waals surface area contributed by atoms with Gasteiger partial charge in [-0.2, -0.15) is 5.26 Å². The molecule has 114 valence electrons. The topological polar surface area (TPSA) is 76.4 Å². The van der Waals surface area contributed by atoms with Crippen molar-refractivity contribution in [1.29, 1.82) is 5.26 Å². The molecule has 1 amide bonds. The maximum atomic E-state index is 12.3. The minimum atomic E-state index is -0.672. The Balaban J connectivity index is 2.53. The summed E-state index contributed by atoms with van der Waals surface area (Å²) >= 11 is 0. The summed E-state index contributed by atoms with van der Waals surface area (Å²) in [6, 6.07) is 2.01. The molecule has 0 heterocycles. The molecule has 1 fully saturated rings. The Kier molecular flexibility index (Phi) is 6.44. The molecule has 0 saturated heterocycles.